The van der Waals surface area contributed by atoms with Crippen LogP contribution in [0.3, 0.4) is 0 Å². The maximum atomic E-state index is 9.97. The first kappa shape index (κ1) is 16.2. The fraction of sp³-hybridized carbons (Fsp3) is 1.00. The van der Waals surface area contributed by atoms with Gasteiger partial charge in [-0.25, -0.2) is 0 Å². The molecule has 74 valence electrons. The van der Waals surface area contributed by atoms with Crippen molar-refractivity contribution in [1.29, 1.82) is 0 Å². The normalized spacial score (nSPS) is 11.0. The largest absolute Gasteiger partial charge is 2.00 e. The molecule has 0 N–H and O–H groups in total. The van der Waals surface area contributed by atoms with Crippen molar-refractivity contribution in [3.63, 3.8) is 0 Å². The van der Waals surface area contributed by atoms with Crippen molar-refractivity contribution in [2.75, 3.05) is 6.61 Å². The van der Waals surface area contributed by atoms with Crippen molar-refractivity contribution in [3.8, 4) is 0 Å². The Bertz CT molecular complexity index is 147. The molecular formula is C7H15O4PZn. The van der Waals surface area contributed by atoms with Crippen molar-refractivity contribution in [2.45, 2.75) is 39.0 Å². The van der Waals surface area contributed by atoms with Crippen LogP contribution < -0.4 is 9.79 Å². The number of phosphoric ester groups is 1. The van der Waals surface area contributed by atoms with Crippen LogP contribution in [0.15, 0.2) is 0 Å². The maximum absolute atomic E-state index is 9.97. The molecular weight excluding hydrogens is 244 g/mol. The van der Waals surface area contributed by atoms with E-state index in [0.717, 1.165) is 25.7 Å². The Balaban J connectivity index is 0. The summed E-state index contributed by atoms with van der Waals surface area (Å²) in [5.41, 5.74) is 0. The van der Waals surface area contributed by atoms with E-state index in [2.05, 4.69) is 11.4 Å². The average Bonchev–Trinajstić information content (AvgIpc) is 1.94. The molecule has 0 aromatic rings. The van der Waals surface area contributed by atoms with Crippen molar-refractivity contribution < 1.29 is 38.4 Å². The Hall–Kier alpha value is 0.733. The van der Waals surface area contributed by atoms with Crippen molar-refractivity contribution in [1.82, 2.24) is 0 Å². The van der Waals surface area contributed by atoms with Gasteiger partial charge in [-0.1, -0.05) is 32.6 Å². The summed E-state index contributed by atoms with van der Waals surface area (Å²) in [5.74, 6) is 0. The number of phosphoric acid groups is 1. The molecule has 0 bridgehead atoms. The average molecular weight is 260 g/mol. The van der Waals surface area contributed by atoms with Gasteiger partial charge >= 0.3 is 19.5 Å². The third kappa shape index (κ3) is 15.5. The minimum Gasteiger partial charge on any atom is -0.790 e. The van der Waals surface area contributed by atoms with Crippen molar-refractivity contribution >= 4 is 7.82 Å². The molecule has 0 rings (SSSR count). The monoisotopic (exact) mass is 258 g/mol. The van der Waals surface area contributed by atoms with Gasteiger partial charge in [0.1, 0.15) is 0 Å². The first-order valence-corrected chi connectivity index (χ1v) is 5.69. The third-order valence-corrected chi connectivity index (χ3v) is 2.00. The number of rotatable bonds is 7. The molecule has 13 heavy (non-hydrogen) atoms. The van der Waals surface area contributed by atoms with E-state index in [9.17, 15) is 14.4 Å². The van der Waals surface area contributed by atoms with Gasteiger partial charge in [-0.3, -0.25) is 0 Å². The molecule has 6 heteroatoms. The van der Waals surface area contributed by atoms with E-state index in [-0.39, 0.29) is 26.1 Å². The summed E-state index contributed by atoms with van der Waals surface area (Å²) in [4.78, 5) is 19.9. The minimum atomic E-state index is -4.72. The SMILES string of the molecule is CCCCCCCOP(=O)([O-])[O-].[Zn+2]. The predicted molar refractivity (Wildman–Crippen MR) is 42.3 cm³/mol. The molecule has 0 saturated heterocycles. The molecule has 0 aromatic carbocycles. The van der Waals surface area contributed by atoms with Crippen LogP contribution in [0, 0.1) is 0 Å². The third-order valence-electron chi connectivity index (χ3n) is 1.50. The Labute approximate surface area is 92.1 Å². The zero-order valence-corrected chi connectivity index (χ0v) is 11.9. The van der Waals surface area contributed by atoms with Gasteiger partial charge in [-0.05, 0) is 6.42 Å². The standard InChI is InChI=1S/C7H17O4P.Zn/c1-2-3-4-5-6-7-11-12(8,9)10;/h2-7H2,1H3,(H2,8,9,10);/q;+2/p-2. The van der Waals surface area contributed by atoms with Crippen LogP contribution in [0.5, 0.6) is 0 Å². The Morgan fingerprint density at radius 3 is 2.15 bits per heavy atom. The topological polar surface area (TPSA) is 72.4 Å². The molecule has 0 atom stereocenters. The zero-order valence-electron chi connectivity index (χ0n) is 8.03. The van der Waals surface area contributed by atoms with Crippen molar-refractivity contribution in [3.05, 3.63) is 0 Å². The van der Waals surface area contributed by atoms with Crippen LogP contribution in [0.25, 0.3) is 0 Å². The minimum absolute atomic E-state index is 0. The smallest absolute Gasteiger partial charge is 0.790 e. The second-order valence-electron chi connectivity index (χ2n) is 2.69. The first-order chi connectivity index (χ1) is 5.56. The van der Waals surface area contributed by atoms with E-state index in [4.69, 9.17) is 0 Å². The molecule has 0 aliphatic rings. The molecule has 4 nitrogen and oxygen atoms in total. The van der Waals surface area contributed by atoms with E-state index in [1.807, 2.05) is 0 Å². The summed E-state index contributed by atoms with van der Waals surface area (Å²) in [5, 5.41) is 0. The molecule has 0 fully saturated rings. The predicted octanol–water partition coefficient (Wildman–Crippen LogP) is 0.800. The van der Waals surface area contributed by atoms with E-state index in [1.54, 1.807) is 0 Å². The van der Waals surface area contributed by atoms with Crippen LogP contribution in [0.1, 0.15) is 39.0 Å². The Morgan fingerprint density at radius 1 is 1.15 bits per heavy atom. The van der Waals surface area contributed by atoms with Gasteiger partial charge < -0.3 is 18.9 Å². The Morgan fingerprint density at radius 2 is 1.69 bits per heavy atom. The molecule has 0 aliphatic heterocycles. The van der Waals surface area contributed by atoms with Gasteiger partial charge in [0.05, 0.1) is 14.4 Å². The summed E-state index contributed by atoms with van der Waals surface area (Å²) in [6, 6.07) is 0. The van der Waals surface area contributed by atoms with Gasteiger partial charge in [-0.15, -0.1) is 0 Å². The van der Waals surface area contributed by atoms with Gasteiger partial charge in [0.15, 0.2) is 0 Å². The van der Waals surface area contributed by atoms with Gasteiger partial charge in [0.25, 0.3) is 0 Å². The number of hydrogen-bond donors (Lipinski definition) is 0. The Kier molecular flexibility index (Phi) is 11.6. The molecule has 0 saturated carbocycles. The van der Waals surface area contributed by atoms with E-state index >= 15 is 0 Å². The van der Waals surface area contributed by atoms with Gasteiger partial charge in [0.2, 0.25) is 0 Å². The van der Waals surface area contributed by atoms with E-state index in [0.29, 0.717) is 6.42 Å². The fourth-order valence-electron chi connectivity index (χ4n) is 0.882. The van der Waals surface area contributed by atoms with Crippen LogP contribution in [-0.2, 0) is 28.6 Å². The molecule has 0 amide bonds. The second-order valence-corrected chi connectivity index (χ2v) is 3.85. The molecule has 0 unspecified atom stereocenters. The first-order valence-electron chi connectivity index (χ1n) is 4.23. The summed E-state index contributed by atoms with van der Waals surface area (Å²) < 4.78 is 14.0. The number of unbranched alkanes of at least 4 members (excludes halogenated alkanes) is 4. The summed E-state index contributed by atoms with van der Waals surface area (Å²) in [7, 11) is -4.72. The zero-order chi connectivity index (χ0) is 9.45. The molecule has 0 heterocycles. The van der Waals surface area contributed by atoms with Crippen LogP contribution in [0.4, 0.5) is 0 Å². The van der Waals surface area contributed by atoms with Crippen LogP contribution >= 0.6 is 7.82 Å². The van der Waals surface area contributed by atoms with E-state index < -0.39 is 7.82 Å². The summed E-state index contributed by atoms with van der Waals surface area (Å²) in [6.45, 7) is 2.13. The molecule has 0 aliphatic carbocycles. The summed E-state index contributed by atoms with van der Waals surface area (Å²) >= 11 is 0. The quantitative estimate of drug-likeness (QED) is 0.385. The van der Waals surface area contributed by atoms with Crippen molar-refractivity contribution in [2.24, 2.45) is 0 Å². The maximum Gasteiger partial charge on any atom is 2.00 e. The van der Waals surface area contributed by atoms with Crippen LogP contribution in [0.2, 0.25) is 0 Å². The van der Waals surface area contributed by atoms with Gasteiger partial charge in [-0.2, -0.15) is 0 Å². The fourth-order valence-corrected chi connectivity index (χ4v) is 1.23. The van der Waals surface area contributed by atoms with E-state index in [1.165, 1.54) is 0 Å². The number of hydrogen-bond acceptors (Lipinski definition) is 4. The second kappa shape index (κ2) is 9.29. The van der Waals surface area contributed by atoms with Crippen LogP contribution in [-0.4, -0.2) is 6.61 Å². The summed E-state index contributed by atoms with van der Waals surface area (Å²) in [6.07, 6.45) is 4.93. The van der Waals surface area contributed by atoms with Gasteiger partial charge in [0, 0.05) is 0 Å². The molecule has 0 aromatic heterocycles. The molecule has 0 radical (unpaired) electrons. The molecule has 0 spiro atoms.